The van der Waals surface area contributed by atoms with Crippen LogP contribution in [0, 0.1) is 5.92 Å². The van der Waals surface area contributed by atoms with Gasteiger partial charge in [0.05, 0.1) is 11.3 Å². The summed E-state index contributed by atoms with van der Waals surface area (Å²) in [5.74, 6) is 0.662. The Labute approximate surface area is 143 Å². The van der Waals surface area contributed by atoms with Crippen LogP contribution in [0.1, 0.15) is 29.6 Å². The van der Waals surface area contributed by atoms with E-state index in [-0.39, 0.29) is 5.91 Å². The minimum atomic E-state index is -0.0159. The average molecular weight is 323 g/mol. The molecule has 4 nitrogen and oxygen atoms in total. The zero-order valence-corrected chi connectivity index (χ0v) is 13.9. The molecule has 1 unspecified atom stereocenters. The van der Waals surface area contributed by atoms with Crippen molar-refractivity contribution >= 4 is 17.3 Å². The molecule has 1 atom stereocenters. The highest BCUT2D eigenvalue weighted by atomic mass is 16.1. The van der Waals surface area contributed by atoms with Crippen molar-refractivity contribution in [2.75, 3.05) is 25.0 Å². The van der Waals surface area contributed by atoms with Crippen LogP contribution >= 0.6 is 0 Å². The van der Waals surface area contributed by atoms with Gasteiger partial charge in [0.15, 0.2) is 0 Å². The van der Waals surface area contributed by atoms with Gasteiger partial charge in [0, 0.05) is 12.2 Å². The van der Waals surface area contributed by atoms with Crippen LogP contribution in [0.25, 0.3) is 0 Å². The summed E-state index contributed by atoms with van der Waals surface area (Å²) in [5.41, 5.74) is 2.50. The number of carbonyl (C=O) groups is 1. The lowest BCUT2D eigenvalue weighted by Crippen LogP contribution is -2.33. The highest BCUT2D eigenvalue weighted by Crippen LogP contribution is 2.20. The van der Waals surface area contributed by atoms with E-state index in [9.17, 15) is 4.79 Å². The van der Waals surface area contributed by atoms with Gasteiger partial charge in [-0.3, -0.25) is 4.79 Å². The van der Waals surface area contributed by atoms with Gasteiger partial charge in [-0.2, -0.15) is 0 Å². The molecule has 4 heteroatoms. The van der Waals surface area contributed by atoms with Gasteiger partial charge in [0.1, 0.15) is 0 Å². The van der Waals surface area contributed by atoms with Crippen molar-refractivity contribution in [2.45, 2.75) is 19.3 Å². The first-order chi connectivity index (χ1) is 11.8. The van der Waals surface area contributed by atoms with Crippen LogP contribution in [0.3, 0.4) is 0 Å². The first-order valence-electron chi connectivity index (χ1n) is 8.73. The van der Waals surface area contributed by atoms with E-state index in [0.717, 1.165) is 37.4 Å². The first-order valence-corrected chi connectivity index (χ1v) is 8.73. The highest BCUT2D eigenvalue weighted by Gasteiger charge is 2.14. The molecule has 0 aromatic heterocycles. The fourth-order valence-corrected chi connectivity index (χ4v) is 3.12. The summed E-state index contributed by atoms with van der Waals surface area (Å²) in [5, 5.41) is 9.81. The number of nitrogens with one attached hydrogen (secondary N) is 3. The van der Waals surface area contributed by atoms with E-state index in [0.29, 0.717) is 11.5 Å². The van der Waals surface area contributed by atoms with Gasteiger partial charge < -0.3 is 16.0 Å². The third-order valence-corrected chi connectivity index (χ3v) is 4.46. The standard InChI is InChI=1S/C20H25N3O/c24-20(22-14-12-16-7-6-13-21-15-16)18-10-4-5-11-19(18)23-17-8-2-1-3-9-17/h1-5,8-11,16,21,23H,6-7,12-15H2,(H,22,24). The van der Waals surface area contributed by atoms with Crippen LogP contribution in [-0.2, 0) is 0 Å². The molecule has 3 rings (SSSR count). The van der Waals surface area contributed by atoms with E-state index < -0.39 is 0 Å². The Bertz CT molecular complexity index is 651. The SMILES string of the molecule is O=C(NCCC1CCCNC1)c1ccccc1Nc1ccccc1. The number of amides is 1. The second-order valence-corrected chi connectivity index (χ2v) is 6.29. The van der Waals surface area contributed by atoms with Crippen molar-refractivity contribution in [2.24, 2.45) is 5.92 Å². The topological polar surface area (TPSA) is 53.2 Å². The van der Waals surface area contributed by atoms with E-state index in [4.69, 9.17) is 0 Å². The molecular formula is C20H25N3O. The van der Waals surface area contributed by atoms with Crippen molar-refractivity contribution in [1.82, 2.24) is 10.6 Å². The Hall–Kier alpha value is -2.33. The number of rotatable bonds is 6. The van der Waals surface area contributed by atoms with Crippen LogP contribution in [0.4, 0.5) is 11.4 Å². The highest BCUT2D eigenvalue weighted by molar-refractivity contribution is 6.00. The van der Waals surface area contributed by atoms with Crippen LogP contribution in [-0.4, -0.2) is 25.5 Å². The van der Waals surface area contributed by atoms with Gasteiger partial charge in [-0.15, -0.1) is 0 Å². The van der Waals surface area contributed by atoms with Gasteiger partial charge in [-0.05, 0) is 62.5 Å². The molecule has 0 saturated carbocycles. The zero-order chi connectivity index (χ0) is 16.6. The summed E-state index contributed by atoms with van der Waals surface area (Å²) in [4.78, 5) is 12.5. The van der Waals surface area contributed by atoms with Crippen LogP contribution in [0.15, 0.2) is 54.6 Å². The summed E-state index contributed by atoms with van der Waals surface area (Å²) in [6, 6.07) is 17.5. The number of benzene rings is 2. The smallest absolute Gasteiger partial charge is 0.253 e. The van der Waals surface area contributed by atoms with E-state index >= 15 is 0 Å². The lowest BCUT2D eigenvalue weighted by atomic mass is 9.96. The molecule has 2 aromatic carbocycles. The predicted octanol–water partition coefficient (Wildman–Crippen LogP) is 3.55. The molecular weight excluding hydrogens is 298 g/mol. The monoisotopic (exact) mass is 323 g/mol. The molecule has 24 heavy (non-hydrogen) atoms. The van der Waals surface area contributed by atoms with Crippen LogP contribution in [0.5, 0.6) is 0 Å². The van der Waals surface area contributed by atoms with E-state index in [1.807, 2.05) is 54.6 Å². The zero-order valence-electron chi connectivity index (χ0n) is 13.9. The molecule has 2 aromatic rings. The molecule has 1 aliphatic heterocycles. The molecule has 126 valence electrons. The number of carbonyl (C=O) groups excluding carboxylic acids is 1. The maximum absolute atomic E-state index is 12.5. The molecule has 1 fully saturated rings. The number of hydrogen-bond donors (Lipinski definition) is 3. The van der Waals surface area contributed by atoms with Crippen LogP contribution < -0.4 is 16.0 Å². The molecule has 1 amide bonds. The van der Waals surface area contributed by atoms with Gasteiger partial charge in [0.2, 0.25) is 0 Å². The minimum absolute atomic E-state index is 0.0159. The fraction of sp³-hybridized carbons (Fsp3) is 0.350. The Kier molecular flexibility index (Phi) is 5.85. The van der Waals surface area contributed by atoms with Crippen molar-refractivity contribution in [3.8, 4) is 0 Å². The molecule has 0 bridgehead atoms. The third-order valence-electron chi connectivity index (χ3n) is 4.46. The summed E-state index contributed by atoms with van der Waals surface area (Å²) in [6.45, 7) is 2.92. The molecule has 1 saturated heterocycles. The Balaban J connectivity index is 1.58. The lowest BCUT2D eigenvalue weighted by molar-refractivity contribution is 0.0951. The average Bonchev–Trinajstić information content (AvgIpc) is 2.64. The largest absolute Gasteiger partial charge is 0.355 e. The van der Waals surface area contributed by atoms with E-state index in [1.165, 1.54) is 12.8 Å². The summed E-state index contributed by atoms with van der Waals surface area (Å²) in [7, 11) is 0. The number of anilines is 2. The molecule has 0 spiro atoms. The maximum Gasteiger partial charge on any atom is 0.253 e. The maximum atomic E-state index is 12.5. The van der Waals surface area contributed by atoms with Gasteiger partial charge >= 0.3 is 0 Å². The first kappa shape index (κ1) is 16.5. The number of piperidine rings is 1. The predicted molar refractivity (Wildman–Crippen MR) is 98.7 cm³/mol. The number of hydrogen-bond acceptors (Lipinski definition) is 3. The van der Waals surface area contributed by atoms with Crippen molar-refractivity contribution < 1.29 is 4.79 Å². The molecule has 1 heterocycles. The Morgan fingerprint density at radius 2 is 1.88 bits per heavy atom. The van der Waals surface area contributed by atoms with Crippen molar-refractivity contribution in [1.29, 1.82) is 0 Å². The second-order valence-electron chi connectivity index (χ2n) is 6.29. The fourth-order valence-electron chi connectivity index (χ4n) is 3.12. The quantitative estimate of drug-likeness (QED) is 0.762. The molecule has 0 radical (unpaired) electrons. The Morgan fingerprint density at radius 1 is 1.08 bits per heavy atom. The summed E-state index contributed by atoms with van der Waals surface area (Å²) in [6.07, 6.45) is 3.53. The van der Waals surface area contributed by atoms with Gasteiger partial charge in [-0.1, -0.05) is 30.3 Å². The van der Waals surface area contributed by atoms with Gasteiger partial charge in [0.25, 0.3) is 5.91 Å². The number of para-hydroxylation sites is 2. The van der Waals surface area contributed by atoms with E-state index in [1.54, 1.807) is 0 Å². The van der Waals surface area contributed by atoms with E-state index in [2.05, 4.69) is 16.0 Å². The third kappa shape index (κ3) is 4.59. The second kappa shape index (κ2) is 8.50. The molecule has 3 N–H and O–H groups in total. The molecule has 0 aliphatic carbocycles. The normalized spacial score (nSPS) is 17.2. The molecule has 1 aliphatic rings. The lowest BCUT2D eigenvalue weighted by Gasteiger charge is -2.22. The summed E-state index contributed by atoms with van der Waals surface area (Å²) < 4.78 is 0. The van der Waals surface area contributed by atoms with Crippen LogP contribution in [0.2, 0.25) is 0 Å². The van der Waals surface area contributed by atoms with Crippen molar-refractivity contribution in [3.05, 3.63) is 60.2 Å². The van der Waals surface area contributed by atoms with Gasteiger partial charge in [-0.25, -0.2) is 0 Å². The Morgan fingerprint density at radius 3 is 2.67 bits per heavy atom. The van der Waals surface area contributed by atoms with Crippen molar-refractivity contribution in [3.63, 3.8) is 0 Å². The summed E-state index contributed by atoms with van der Waals surface area (Å²) >= 11 is 0. The minimum Gasteiger partial charge on any atom is -0.355 e.